The third-order valence-corrected chi connectivity index (χ3v) is 2.83. The number of likely N-dealkylation sites (N-methyl/N-ethyl adjacent to an activating group) is 1. The predicted molar refractivity (Wildman–Crippen MR) is 67.3 cm³/mol. The van der Waals surface area contributed by atoms with Gasteiger partial charge in [0.05, 0.1) is 12.1 Å². The summed E-state index contributed by atoms with van der Waals surface area (Å²) in [5.74, 6) is 1.19. The number of hydrogen-bond acceptors (Lipinski definition) is 5. The second kappa shape index (κ2) is 5.62. The van der Waals surface area contributed by atoms with Crippen molar-refractivity contribution < 1.29 is 9.84 Å². The first-order chi connectivity index (χ1) is 7.90. The van der Waals surface area contributed by atoms with Crippen LogP contribution in [-0.2, 0) is 11.3 Å². The Labute approximate surface area is 106 Å². The Balaban J connectivity index is 3.05. The molecule has 1 heterocycles. The quantitative estimate of drug-likeness (QED) is 0.812. The fourth-order valence-corrected chi connectivity index (χ4v) is 1.43. The summed E-state index contributed by atoms with van der Waals surface area (Å²) in [5.41, 5.74) is -0.415. The van der Waals surface area contributed by atoms with E-state index in [1.807, 2.05) is 25.8 Å². The van der Waals surface area contributed by atoms with Crippen molar-refractivity contribution in [2.75, 3.05) is 25.7 Å². The van der Waals surface area contributed by atoms with Gasteiger partial charge in [-0.15, -0.1) is 0 Å². The van der Waals surface area contributed by atoms with Crippen LogP contribution in [0.4, 0.5) is 5.82 Å². The minimum absolute atomic E-state index is 0.0186. The van der Waals surface area contributed by atoms with Crippen LogP contribution in [0.25, 0.3) is 0 Å². The van der Waals surface area contributed by atoms with Crippen LogP contribution in [0.1, 0.15) is 19.7 Å². The summed E-state index contributed by atoms with van der Waals surface area (Å²) in [7, 11) is 3.43. The molecule has 0 spiro atoms. The van der Waals surface area contributed by atoms with Gasteiger partial charge in [0.1, 0.15) is 17.6 Å². The second-order valence-corrected chi connectivity index (χ2v) is 4.81. The molecule has 0 unspecified atom stereocenters. The van der Waals surface area contributed by atoms with Gasteiger partial charge in [-0.05, 0) is 13.8 Å². The zero-order chi connectivity index (χ0) is 13.1. The normalized spacial score (nSPS) is 11.6. The molecule has 1 N–H and O–H groups in total. The average molecular weight is 260 g/mol. The lowest BCUT2D eigenvalue weighted by molar-refractivity contribution is 0.177. The van der Waals surface area contributed by atoms with Crippen LogP contribution in [-0.4, -0.2) is 41.4 Å². The van der Waals surface area contributed by atoms with Crippen molar-refractivity contribution in [2.24, 2.45) is 0 Å². The molecule has 6 heteroatoms. The molecule has 17 heavy (non-hydrogen) atoms. The highest BCUT2D eigenvalue weighted by atomic mass is 35.5. The minimum Gasteiger partial charge on any atom is -0.394 e. The molecule has 0 aliphatic rings. The van der Waals surface area contributed by atoms with Gasteiger partial charge in [0.15, 0.2) is 5.82 Å². The molecule has 1 aromatic heterocycles. The number of anilines is 1. The van der Waals surface area contributed by atoms with Gasteiger partial charge >= 0.3 is 0 Å². The standard InChI is InChI=1S/C11H18ClN3O2/c1-11(2,7-16)15(3)10-5-8(12)13-9(14-10)6-17-4/h5,16H,6-7H2,1-4H3. The Kier molecular flexibility index (Phi) is 4.68. The Morgan fingerprint density at radius 3 is 2.65 bits per heavy atom. The maximum Gasteiger partial charge on any atom is 0.158 e. The number of rotatable bonds is 5. The van der Waals surface area contributed by atoms with E-state index in [-0.39, 0.29) is 6.61 Å². The summed E-state index contributed by atoms with van der Waals surface area (Å²) < 4.78 is 4.98. The summed E-state index contributed by atoms with van der Waals surface area (Å²) in [6.07, 6.45) is 0. The van der Waals surface area contributed by atoms with Crippen LogP contribution in [0, 0.1) is 0 Å². The molecule has 0 saturated heterocycles. The van der Waals surface area contributed by atoms with Crippen LogP contribution < -0.4 is 4.90 Å². The Hall–Kier alpha value is -0.910. The maximum absolute atomic E-state index is 9.32. The van der Waals surface area contributed by atoms with Gasteiger partial charge in [-0.2, -0.15) is 0 Å². The SMILES string of the molecule is COCc1nc(Cl)cc(N(C)C(C)(C)CO)n1. The summed E-state index contributed by atoms with van der Waals surface area (Å²) in [5, 5.41) is 9.69. The van der Waals surface area contributed by atoms with E-state index in [1.165, 1.54) is 0 Å². The predicted octanol–water partition coefficient (Wildman–Crippen LogP) is 1.48. The molecule has 1 aromatic rings. The summed E-state index contributed by atoms with van der Waals surface area (Å²) in [6.45, 7) is 4.16. The van der Waals surface area contributed by atoms with Crippen LogP contribution in [0.2, 0.25) is 5.15 Å². The maximum atomic E-state index is 9.32. The van der Waals surface area contributed by atoms with Crippen molar-refractivity contribution >= 4 is 17.4 Å². The topological polar surface area (TPSA) is 58.5 Å². The van der Waals surface area contributed by atoms with Crippen LogP contribution in [0.3, 0.4) is 0 Å². The number of aliphatic hydroxyl groups is 1. The van der Waals surface area contributed by atoms with E-state index in [0.29, 0.717) is 23.4 Å². The van der Waals surface area contributed by atoms with Crippen molar-refractivity contribution in [3.63, 3.8) is 0 Å². The lowest BCUT2D eigenvalue weighted by Crippen LogP contribution is -2.45. The van der Waals surface area contributed by atoms with Crippen molar-refractivity contribution in [3.8, 4) is 0 Å². The summed E-state index contributed by atoms with van der Waals surface area (Å²) >= 11 is 5.93. The molecular weight excluding hydrogens is 242 g/mol. The summed E-state index contributed by atoms with van der Waals surface area (Å²) in [6, 6.07) is 1.66. The van der Waals surface area contributed by atoms with Gasteiger partial charge in [-0.1, -0.05) is 11.6 Å². The fraction of sp³-hybridized carbons (Fsp3) is 0.636. The van der Waals surface area contributed by atoms with Crippen molar-refractivity contribution in [1.82, 2.24) is 9.97 Å². The van der Waals surface area contributed by atoms with E-state index in [1.54, 1.807) is 13.2 Å². The molecule has 0 aliphatic heterocycles. The number of aromatic nitrogens is 2. The Morgan fingerprint density at radius 1 is 1.47 bits per heavy atom. The van der Waals surface area contributed by atoms with Crippen molar-refractivity contribution in [2.45, 2.75) is 26.0 Å². The number of methoxy groups -OCH3 is 1. The molecule has 0 saturated carbocycles. The number of hydrogen-bond donors (Lipinski definition) is 1. The molecular formula is C11H18ClN3O2. The van der Waals surface area contributed by atoms with E-state index in [0.717, 1.165) is 0 Å². The van der Waals surface area contributed by atoms with Gasteiger partial charge < -0.3 is 14.7 Å². The third-order valence-electron chi connectivity index (χ3n) is 2.64. The number of nitrogens with zero attached hydrogens (tertiary/aromatic N) is 3. The zero-order valence-corrected chi connectivity index (χ0v) is 11.3. The first-order valence-electron chi connectivity index (χ1n) is 5.28. The molecule has 0 atom stereocenters. The molecule has 0 aromatic carbocycles. The summed E-state index contributed by atoms with van der Waals surface area (Å²) in [4.78, 5) is 10.2. The average Bonchev–Trinajstić information content (AvgIpc) is 2.27. The second-order valence-electron chi connectivity index (χ2n) is 4.43. The van der Waals surface area contributed by atoms with Crippen LogP contribution in [0.5, 0.6) is 0 Å². The Bertz CT molecular complexity index is 385. The minimum atomic E-state index is -0.415. The van der Waals surface area contributed by atoms with E-state index in [4.69, 9.17) is 16.3 Å². The third kappa shape index (κ3) is 3.52. The highest BCUT2D eigenvalue weighted by molar-refractivity contribution is 6.29. The highest BCUT2D eigenvalue weighted by Gasteiger charge is 2.24. The van der Waals surface area contributed by atoms with E-state index >= 15 is 0 Å². The molecule has 0 bridgehead atoms. The zero-order valence-electron chi connectivity index (χ0n) is 10.6. The largest absolute Gasteiger partial charge is 0.394 e. The van der Waals surface area contributed by atoms with Gasteiger partial charge in [-0.3, -0.25) is 0 Å². The van der Waals surface area contributed by atoms with Crippen molar-refractivity contribution in [3.05, 3.63) is 17.0 Å². The van der Waals surface area contributed by atoms with Crippen LogP contribution in [0.15, 0.2) is 6.07 Å². The molecule has 0 amide bonds. The van der Waals surface area contributed by atoms with E-state index in [2.05, 4.69) is 9.97 Å². The first-order valence-corrected chi connectivity index (χ1v) is 5.65. The lowest BCUT2D eigenvalue weighted by Gasteiger charge is -2.35. The van der Waals surface area contributed by atoms with Crippen LogP contribution >= 0.6 is 11.6 Å². The number of halogens is 1. The van der Waals surface area contributed by atoms with Gasteiger partial charge in [0, 0.05) is 20.2 Å². The monoisotopic (exact) mass is 259 g/mol. The number of aliphatic hydroxyl groups excluding tert-OH is 1. The van der Waals surface area contributed by atoms with Crippen molar-refractivity contribution in [1.29, 1.82) is 0 Å². The highest BCUT2D eigenvalue weighted by Crippen LogP contribution is 2.22. The van der Waals surface area contributed by atoms with Gasteiger partial charge in [0.25, 0.3) is 0 Å². The molecule has 96 valence electrons. The fourth-order valence-electron chi connectivity index (χ4n) is 1.23. The molecule has 0 aliphatic carbocycles. The molecule has 0 radical (unpaired) electrons. The molecule has 1 rings (SSSR count). The van der Waals surface area contributed by atoms with E-state index < -0.39 is 5.54 Å². The van der Waals surface area contributed by atoms with Gasteiger partial charge in [0.2, 0.25) is 0 Å². The number of ether oxygens (including phenoxy) is 1. The first kappa shape index (κ1) is 14.2. The smallest absolute Gasteiger partial charge is 0.158 e. The van der Waals surface area contributed by atoms with E-state index in [9.17, 15) is 5.11 Å². The van der Waals surface area contributed by atoms with Gasteiger partial charge in [-0.25, -0.2) is 9.97 Å². The Morgan fingerprint density at radius 2 is 2.12 bits per heavy atom. The molecule has 5 nitrogen and oxygen atoms in total. The lowest BCUT2D eigenvalue weighted by atomic mass is 10.1. The molecule has 0 fully saturated rings.